The van der Waals surface area contributed by atoms with E-state index in [4.69, 9.17) is 5.11 Å². The summed E-state index contributed by atoms with van der Waals surface area (Å²) in [5.41, 5.74) is 0. The predicted octanol–water partition coefficient (Wildman–Crippen LogP) is 0.536. The molecule has 0 aromatic heterocycles. The smallest absolute Gasteiger partial charge is 0.417 e. The molecule has 0 saturated carbocycles. The first-order valence-corrected chi connectivity index (χ1v) is 3.28. The molecule has 0 aromatic rings. The number of rotatable bonds is 2. The third-order valence-corrected chi connectivity index (χ3v) is 1.17. The van der Waals surface area contributed by atoms with Crippen LogP contribution in [0.3, 0.4) is 0 Å². The molecule has 58 valence electrons. The van der Waals surface area contributed by atoms with E-state index in [-0.39, 0.29) is 0 Å². The molecule has 0 heterocycles. The average Bonchev–Trinajstić information content (AvgIpc) is 1.87. The number of carboxylic acid groups (broad SMARTS) is 1. The van der Waals surface area contributed by atoms with E-state index in [2.05, 4.69) is 8.38 Å². The molecule has 0 saturated heterocycles. The third-order valence-electron chi connectivity index (χ3n) is 0.775. The molecule has 0 radical (unpaired) electrons. The van der Waals surface area contributed by atoms with Gasteiger partial charge in [-0.3, -0.25) is 4.79 Å². The van der Waals surface area contributed by atoms with Crippen LogP contribution < -0.4 is 5.32 Å². The van der Waals surface area contributed by atoms with Crippen molar-refractivity contribution in [3.63, 3.8) is 0 Å². The number of hydrogen-bond donors (Lipinski definition) is 2. The number of carboxylic acids is 1. The first-order chi connectivity index (χ1) is 4.57. The lowest BCUT2D eigenvalue weighted by atomic mass is 10.4. The van der Waals surface area contributed by atoms with Gasteiger partial charge in [0, 0.05) is 0 Å². The maximum Gasteiger partial charge on any atom is 0.417 e. The normalized spacial score (nSPS) is 11.8. The first-order valence-electron chi connectivity index (χ1n) is 2.39. The highest BCUT2D eigenvalue weighted by Crippen LogP contribution is 1.88. The average molecular weight is 259 g/mol. The van der Waals surface area contributed by atoms with E-state index >= 15 is 0 Å². The molecule has 0 aliphatic heterocycles. The van der Waals surface area contributed by atoms with Gasteiger partial charge in [0.2, 0.25) is 0 Å². The van der Waals surface area contributed by atoms with Gasteiger partial charge in [-0.05, 0) is 6.92 Å². The third kappa shape index (κ3) is 3.49. The van der Waals surface area contributed by atoms with Crippen molar-refractivity contribution in [2.24, 2.45) is 0 Å². The van der Waals surface area contributed by atoms with Gasteiger partial charge in [-0.1, -0.05) is 0 Å². The van der Waals surface area contributed by atoms with Gasteiger partial charge in [0.25, 0.3) is 0 Å². The van der Waals surface area contributed by atoms with Crippen LogP contribution in [0.2, 0.25) is 0 Å². The summed E-state index contributed by atoms with van der Waals surface area (Å²) in [5, 5.41) is 10.3. The van der Waals surface area contributed by atoms with Gasteiger partial charge in [0.15, 0.2) is 23.0 Å². The van der Waals surface area contributed by atoms with Gasteiger partial charge < -0.3 is 13.5 Å². The van der Waals surface area contributed by atoms with Crippen molar-refractivity contribution in [3.05, 3.63) is 0 Å². The molecule has 6 heteroatoms. The standard InChI is InChI=1S/C4H6INO4/c1-2(3(7)8)6-4(9)10-5/h2H,1H3,(H,6,9)(H,7,8). The van der Waals surface area contributed by atoms with E-state index in [1.165, 1.54) is 29.9 Å². The molecule has 0 aliphatic carbocycles. The van der Waals surface area contributed by atoms with Crippen LogP contribution in [0.5, 0.6) is 0 Å². The fourth-order valence-corrected chi connectivity index (χ4v) is 0.388. The van der Waals surface area contributed by atoms with E-state index in [0.29, 0.717) is 0 Å². The molecule has 10 heavy (non-hydrogen) atoms. The van der Waals surface area contributed by atoms with Crippen LogP contribution in [0.15, 0.2) is 0 Å². The number of hydrogen-bond acceptors (Lipinski definition) is 3. The van der Waals surface area contributed by atoms with E-state index in [0.717, 1.165) is 0 Å². The van der Waals surface area contributed by atoms with E-state index in [9.17, 15) is 9.59 Å². The first kappa shape index (κ1) is 9.47. The van der Waals surface area contributed by atoms with Gasteiger partial charge in [-0.25, -0.2) is 4.79 Å². The second-order valence-corrected chi connectivity index (χ2v) is 2.01. The number of amides is 1. The lowest BCUT2D eigenvalue weighted by Crippen LogP contribution is -2.37. The number of halogens is 1. The SMILES string of the molecule is CC(NC(=O)OI)C(=O)O. The number of nitrogens with one attached hydrogen (secondary N) is 1. The van der Waals surface area contributed by atoms with Crippen molar-refractivity contribution in [1.82, 2.24) is 5.32 Å². The molecule has 0 aromatic carbocycles. The maximum atomic E-state index is 10.3. The topological polar surface area (TPSA) is 75.6 Å². The van der Waals surface area contributed by atoms with Crippen LogP contribution in [-0.4, -0.2) is 23.2 Å². The fourth-order valence-electron chi connectivity index (χ4n) is 0.261. The number of carbonyl (C=O) groups excluding carboxylic acids is 1. The highest BCUT2D eigenvalue weighted by Gasteiger charge is 2.13. The summed E-state index contributed by atoms with van der Waals surface area (Å²) in [6.07, 6.45) is -0.754. The predicted molar refractivity (Wildman–Crippen MR) is 40.7 cm³/mol. The second-order valence-electron chi connectivity index (χ2n) is 1.57. The fraction of sp³-hybridized carbons (Fsp3) is 0.500. The molecular formula is C4H6INO4. The number of carbonyl (C=O) groups is 2. The molecule has 5 nitrogen and oxygen atoms in total. The maximum absolute atomic E-state index is 10.3. The molecule has 0 bridgehead atoms. The van der Waals surface area contributed by atoms with Gasteiger partial charge in [0.05, 0.1) is 0 Å². The minimum absolute atomic E-state index is 0.754. The minimum Gasteiger partial charge on any atom is -0.480 e. The van der Waals surface area contributed by atoms with Crippen LogP contribution >= 0.6 is 23.0 Å². The summed E-state index contributed by atoms with van der Waals surface area (Å²) < 4.78 is 4.13. The summed E-state index contributed by atoms with van der Waals surface area (Å²) in [4.78, 5) is 20.4. The van der Waals surface area contributed by atoms with Crippen molar-refractivity contribution in [3.8, 4) is 0 Å². The van der Waals surface area contributed by atoms with Crippen LogP contribution in [0.25, 0.3) is 0 Å². The van der Waals surface area contributed by atoms with Crippen molar-refractivity contribution >= 4 is 35.1 Å². The van der Waals surface area contributed by atoms with Crippen molar-refractivity contribution in [1.29, 1.82) is 0 Å². The summed E-state index contributed by atoms with van der Waals surface area (Å²) in [6, 6.07) is -0.915. The van der Waals surface area contributed by atoms with Crippen molar-refractivity contribution in [2.45, 2.75) is 13.0 Å². The van der Waals surface area contributed by atoms with Gasteiger partial charge in [0.1, 0.15) is 6.04 Å². The highest BCUT2D eigenvalue weighted by atomic mass is 127. The Bertz CT molecular complexity index is 148. The Morgan fingerprint density at radius 3 is 2.50 bits per heavy atom. The van der Waals surface area contributed by atoms with E-state index in [1.54, 1.807) is 0 Å². The molecule has 1 atom stereocenters. The Hall–Kier alpha value is -0.530. The Morgan fingerprint density at radius 2 is 2.20 bits per heavy atom. The Kier molecular flexibility index (Phi) is 4.08. The molecule has 0 rings (SSSR count). The number of aliphatic carboxylic acids is 1. The van der Waals surface area contributed by atoms with Crippen LogP contribution in [-0.2, 0) is 7.86 Å². The van der Waals surface area contributed by atoms with Gasteiger partial charge in [-0.15, -0.1) is 0 Å². The Labute approximate surface area is 71.4 Å². The summed E-state index contributed by atoms with van der Waals surface area (Å²) >= 11 is 1.37. The van der Waals surface area contributed by atoms with E-state index in [1.807, 2.05) is 0 Å². The largest absolute Gasteiger partial charge is 0.480 e. The Morgan fingerprint density at radius 1 is 1.70 bits per heavy atom. The molecule has 1 amide bonds. The van der Waals surface area contributed by atoms with Crippen LogP contribution in [0, 0.1) is 0 Å². The van der Waals surface area contributed by atoms with Crippen LogP contribution in [0.1, 0.15) is 6.92 Å². The summed E-state index contributed by atoms with van der Waals surface area (Å²) in [5.74, 6) is -1.10. The van der Waals surface area contributed by atoms with Gasteiger partial charge >= 0.3 is 12.1 Å². The Balaban J connectivity index is 3.68. The monoisotopic (exact) mass is 259 g/mol. The summed E-state index contributed by atoms with van der Waals surface area (Å²) in [7, 11) is 0. The molecule has 0 aliphatic rings. The van der Waals surface area contributed by atoms with Gasteiger partial charge in [-0.2, -0.15) is 0 Å². The van der Waals surface area contributed by atoms with Crippen molar-refractivity contribution in [2.75, 3.05) is 0 Å². The van der Waals surface area contributed by atoms with Crippen LogP contribution in [0.4, 0.5) is 4.79 Å². The highest BCUT2D eigenvalue weighted by molar-refractivity contribution is 14.1. The lowest BCUT2D eigenvalue weighted by Gasteiger charge is -2.05. The van der Waals surface area contributed by atoms with Crippen molar-refractivity contribution < 1.29 is 17.8 Å². The molecule has 0 fully saturated rings. The summed E-state index contributed by atoms with van der Waals surface area (Å²) in [6.45, 7) is 1.34. The zero-order valence-corrected chi connectivity index (χ0v) is 7.28. The zero-order valence-electron chi connectivity index (χ0n) is 5.13. The molecule has 1 unspecified atom stereocenters. The molecule has 0 spiro atoms. The lowest BCUT2D eigenvalue weighted by molar-refractivity contribution is -0.138. The molecule has 2 N–H and O–H groups in total. The van der Waals surface area contributed by atoms with E-state index < -0.39 is 18.1 Å². The molecular weight excluding hydrogens is 253 g/mol. The minimum atomic E-state index is -1.10. The second kappa shape index (κ2) is 4.31. The zero-order chi connectivity index (χ0) is 8.15. The quantitative estimate of drug-likeness (QED) is 0.709.